The van der Waals surface area contributed by atoms with Gasteiger partial charge >= 0.3 is 12.1 Å². The predicted molar refractivity (Wildman–Crippen MR) is 132 cm³/mol. The first-order valence-electron chi connectivity index (χ1n) is 12.5. The summed E-state index contributed by atoms with van der Waals surface area (Å²) in [5.41, 5.74) is 0.247. The van der Waals surface area contributed by atoms with Crippen LogP contribution in [0.15, 0.2) is 23.1 Å². The van der Waals surface area contributed by atoms with E-state index in [0.717, 1.165) is 19.2 Å². The standard InChI is InChI=1S/C25H29F3N4O7S/c1-14(33)31-5-7-32(8-6-31)15-3-4-18(17(9-15)25(26,27)28)40(37,38)16-10-20(39-2)24(11-16,22(35)36)19-12-23(19,13-29)21(30)34/h3-4,9,16,19-20H,5-8,10-12H2,1-2H3,(H2,30,34)(H,35,36)/t16-,19?,20+,23?,24+/m0/s1. The quantitative estimate of drug-likeness (QED) is 0.479. The lowest BCUT2D eigenvalue weighted by Crippen LogP contribution is -2.48. The summed E-state index contributed by atoms with van der Waals surface area (Å²) in [5, 5.41) is 18.2. The molecule has 40 heavy (non-hydrogen) atoms. The number of alkyl halides is 3. The highest BCUT2D eigenvalue weighted by molar-refractivity contribution is 7.92. The number of carbonyl (C=O) groups is 3. The summed E-state index contributed by atoms with van der Waals surface area (Å²) >= 11 is 0. The number of nitrogens with zero attached hydrogens (tertiary/aromatic N) is 3. The first-order valence-corrected chi connectivity index (χ1v) is 14.0. The Hall–Kier alpha value is -3.38. The molecule has 5 atom stereocenters. The molecule has 218 valence electrons. The summed E-state index contributed by atoms with van der Waals surface area (Å²) in [6, 6.07) is 4.62. The van der Waals surface area contributed by atoms with Crippen LogP contribution in [0.25, 0.3) is 0 Å². The van der Waals surface area contributed by atoms with Crippen LogP contribution in [0.5, 0.6) is 0 Å². The minimum atomic E-state index is -5.05. The van der Waals surface area contributed by atoms with Crippen molar-refractivity contribution in [2.75, 3.05) is 38.2 Å². The van der Waals surface area contributed by atoms with Crippen LogP contribution in [0.4, 0.5) is 18.9 Å². The molecule has 1 aliphatic heterocycles. The van der Waals surface area contributed by atoms with Crippen LogP contribution in [0.2, 0.25) is 0 Å². The lowest BCUT2D eigenvalue weighted by Gasteiger charge is -2.36. The van der Waals surface area contributed by atoms with Crippen molar-refractivity contribution in [1.29, 1.82) is 5.26 Å². The van der Waals surface area contributed by atoms with Crippen molar-refractivity contribution in [3.8, 4) is 6.07 Å². The Bertz CT molecular complexity index is 1390. The van der Waals surface area contributed by atoms with Gasteiger partial charge < -0.3 is 25.4 Å². The Morgan fingerprint density at radius 3 is 2.25 bits per heavy atom. The van der Waals surface area contributed by atoms with Crippen molar-refractivity contribution in [2.24, 2.45) is 22.5 Å². The van der Waals surface area contributed by atoms with Crippen LogP contribution in [-0.2, 0) is 35.1 Å². The number of anilines is 1. The van der Waals surface area contributed by atoms with Crippen molar-refractivity contribution in [2.45, 2.75) is 48.6 Å². The van der Waals surface area contributed by atoms with Gasteiger partial charge in [-0.1, -0.05) is 0 Å². The molecular weight excluding hydrogens is 557 g/mol. The molecule has 1 aromatic carbocycles. The molecule has 0 spiro atoms. The number of sulfone groups is 1. The molecule has 0 aromatic heterocycles. The van der Waals surface area contributed by atoms with Crippen LogP contribution in [0.3, 0.4) is 0 Å². The van der Waals surface area contributed by atoms with E-state index in [0.29, 0.717) is 13.1 Å². The number of carboxylic acid groups (broad SMARTS) is 1. The van der Waals surface area contributed by atoms with Gasteiger partial charge in [-0.2, -0.15) is 18.4 Å². The maximum absolute atomic E-state index is 14.2. The van der Waals surface area contributed by atoms with Crippen molar-refractivity contribution < 1.29 is 45.8 Å². The molecule has 0 radical (unpaired) electrons. The molecule has 2 saturated carbocycles. The average Bonchev–Trinajstić information content (AvgIpc) is 3.52. The Morgan fingerprint density at radius 2 is 1.80 bits per heavy atom. The number of nitrogens with two attached hydrogens (primary N) is 1. The smallest absolute Gasteiger partial charge is 0.417 e. The molecule has 3 N–H and O–H groups in total. The first-order chi connectivity index (χ1) is 18.6. The number of aliphatic carboxylic acids is 1. The molecule has 4 rings (SSSR count). The number of amides is 2. The highest BCUT2D eigenvalue weighted by Gasteiger charge is 2.75. The molecule has 15 heteroatoms. The third-order valence-electron chi connectivity index (χ3n) is 8.63. The third-order valence-corrected chi connectivity index (χ3v) is 10.8. The van der Waals surface area contributed by atoms with Gasteiger partial charge in [-0.25, -0.2) is 8.42 Å². The molecular formula is C25H29F3N4O7S. The lowest BCUT2D eigenvalue weighted by atomic mass is 9.75. The minimum Gasteiger partial charge on any atom is -0.481 e. The minimum absolute atomic E-state index is 0.133. The summed E-state index contributed by atoms with van der Waals surface area (Å²) in [4.78, 5) is 38.3. The van der Waals surface area contributed by atoms with E-state index in [9.17, 15) is 46.3 Å². The molecule has 11 nitrogen and oxygen atoms in total. The van der Waals surface area contributed by atoms with E-state index in [1.807, 2.05) is 0 Å². The van der Waals surface area contributed by atoms with Gasteiger partial charge in [0.15, 0.2) is 9.84 Å². The number of piperazine rings is 1. The van der Waals surface area contributed by atoms with Crippen LogP contribution >= 0.6 is 0 Å². The van der Waals surface area contributed by atoms with Gasteiger partial charge in [-0.3, -0.25) is 14.4 Å². The van der Waals surface area contributed by atoms with Crippen molar-refractivity contribution in [1.82, 2.24) is 4.90 Å². The van der Waals surface area contributed by atoms with Crippen LogP contribution < -0.4 is 10.6 Å². The van der Waals surface area contributed by atoms with Crippen LogP contribution in [-0.4, -0.2) is 80.9 Å². The van der Waals surface area contributed by atoms with E-state index in [1.54, 1.807) is 15.9 Å². The number of primary amides is 1. The van der Waals surface area contributed by atoms with Gasteiger partial charge in [-0.05, 0) is 37.5 Å². The second-order valence-corrected chi connectivity index (χ2v) is 12.7. The number of carboxylic acids is 1. The molecule has 3 aliphatic rings. The maximum atomic E-state index is 14.2. The first kappa shape index (κ1) is 29.6. The zero-order valence-corrected chi connectivity index (χ0v) is 22.6. The SMILES string of the molecule is CO[C@@H]1C[C@H](S(=O)(=O)c2ccc(N3CCN(C(C)=O)CC3)cc2C(F)(F)F)C[C@@]1(C(=O)O)C1CC1(C#N)C(N)=O. The van der Waals surface area contributed by atoms with Gasteiger partial charge in [0.05, 0.1) is 27.9 Å². The van der Waals surface area contributed by atoms with E-state index in [4.69, 9.17) is 10.5 Å². The Morgan fingerprint density at radius 1 is 1.18 bits per heavy atom. The Labute approximate surface area is 228 Å². The van der Waals surface area contributed by atoms with Crippen molar-refractivity contribution in [3.05, 3.63) is 23.8 Å². The molecule has 1 saturated heterocycles. The Kier molecular flexibility index (Phi) is 7.34. The van der Waals surface area contributed by atoms with E-state index < -0.39 is 79.3 Å². The molecule has 1 aromatic rings. The highest BCUT2D eigenvalue weighted by atomic mass is 32.2. The summed E-state index contributed by atoms with van der Waals surface area (Å²) in [6.45, 7) is 2.50. The largest absolute Gasteiger partial charge is 0.481 e. The summed E-state index contributed by atoms with van der Waals surface area (Å²) < 4.78 is 75.5. The number of hydrogen-bond acceptors (Lipinski definition) is 8. The fraction of sp³-hybridized carbons (Fsp3) is 0.600. The van der Waals surface area contributed by atoms with Gasteiger partial charge in [0.2, 0.25) is 11.8 Å². The van der Waals surface area contributed by atoms with E-state index in [1.165, 1.54) is 13.0 Å². The number of carbonyl (C=O) groups excluding carboxylic acids is 2. The van der Waals surface area contributed by atoms with Gasteiger partial charge in [-0.15, -0.1) is 0 Å². The van der Waals surface area contributed by atoms with E-state index >= 15 is 0 Å². The highest BCUT2D eigenvalue weighted by Crippen LogP contribution is 2.66. The number of benzene rings is 1. The molecule has 2 amide bonds. The number of nitriles is 1. The molecule has 2 aliphatic carbocycles. The second-order valence-electron chi connectivity index (χ2n) is 10.6. The molecule has 2 unspecified atom stereocenters. The number of rotatable bonds is 7. The molecule has 0 bridgehead atoms. The zero-order valence-electron chi connectivity index (χ0n) is 21.8. The number of halogens is 3. The van der Waals surface area contributed by atoms with Crippen LogP contribution in [0.1, 0.15) is 31.7 Å². The molecule has 3 fully saturated rings. The molecule has 1 heterocycles. The topological polar surface area (TPSA) is 171 Å². The summed E-state index contributed by atoms with van der Waals surface area (Å²) in [7, 11) is -3.63. The number of hydrogen-bond donors (Lipinski definition) is 2. The van der Waals surface area contributed by atoms with E-state index in [2.05, 4.69) is 0 Å². The fourth-order valence-electron chi connectivity index (χ4n) is 6.30. The van der Waals surface area contributed by atoms with Gasteiger partial charge in [0, 0.05) is 51.8 Å². The van der Waals surface area contributed by atoms with Crippen molar-refractivity contribution >= 4 is 33.3 Å². The monoisotopic (exact) mass is 586 g/mol. The summed E-state index contributed by atoms with van der Waals surface area (Å²) in [6.07, 6.45) is -7.68. The summed E-state index contributed by atoms with van der Waals surface area (Å²) in [5.74, 6) is -3.89. The van der Waals surface area contributed by atoms with Gasteiger partial charge in [0.25, 0.3) is 0 Å². The fourth-order valence-corrected chi connectivity index (χ4v) is 8.32. The number of ether oxygens (including phenoxy) is 1. The second kappa shape index (κ2) is 9.91. The third kappa shape index (κ3) is 4.56. The van der Waals surface area contributed by atoms with Gasteiger partial charge in [0.1, 0.15) is 10.8 Å². The predicted octanol–water partition coefficient (Wildman–Crippen LogP) is 1.41. The normalized spacial score (nSPS) is 30.6. The Balaban J connectivity index is 1.71. The zero-order chi connectivity index (χ0) is 29.8. The maximum Gasteiger partial charge on any atom is 0.417 e. The number of methoxy groups -OCH3 is 1. The van der Waals surface area contributed by atoms with E-state index in [-0.39, 0.29) is 31.1 Å². The average molecular weight is 587 g/mol. The lowest BCUT2D eigenvalue weighted by molar-refractivity contribution is -0.159. The van der Waals surface area contributed by atoms with Crippen molar-refractivity contribution in [3.63, 3.8) is 0 Å². The van der Waals surface area contributed by atoms with Crippen LogP contribution in [0, 0.1) is 28.1 Å².